The van der Waals surface area contributed by atoms with Crippen molar-refractivity contribution >= 4 is 35.1 Å². The number of hydrogen-bond donors (Lipinski definition) is 3. The minimum Gasteiger partial charge on any atom is -0.481 e. The molecule has 1 heterocycles. The maximum atomic E-state index is 13.5. The Labute approximate surface area is 224 Å². The number of aromatic nitrogens is 2. The van der Waals surface area contributed by atoms with Gasteiger partial charge in [0, 0.05) is 16.1 Å². The number of nitrogens with one attached hydrogen (secondary N) is 1. The van der Waals surface area contributed by atoms with Crippen LogP contribution in [0.15, 0.2) is 48.5 Å². The van der Waals surface area contributed by atoms with E-state index in [1.807, 2.05) is 20.8 Å². The molecule has 198 valence electrons. The van der Waals surface area contributed by atoms with E-state index in [4.69, 9.17) is 27.9 Å². The van der Waals surface area contributed by atoms with Crippen molar-refractivity contribution < 1.29 is 28.9 Å². The van der Waals surface area contributed by atoms with E-state index in [2.05, 4.69) is 10.4 Å². The van der Waals surface area contributed by atoms with Crippen molar-refractivity contribution in [3.05, 3.63) is 75.7 Å². The molecule has 2 unspecified atom stereocenters. The number of carboxylic acid groups (broad SMARTS) is 1. The second-order valence-corrected chi connectivity index (χ2v) is 10.7. The number of carbonyl (C=O) groups excluding carboxylic acids is 1. The smallest absolute Gasteiger partial charge is 0.305 e. The number of carbonyl (C=O) groups is 2. The van der Waals surface area contributed by atoms with Crippen molar-refractivity contribution in [1.29, 1.82) is 0 Å². The second kappa shape index (κ2) is 11.1. The first-order valence-electron chi connectivity index (χ1n) is 11.4. The number of hydrogen-bond acceptors (Lipinski definition) is 5. The summed E-state index contributed by atoms with van der Waals surface area (Å²) in [6.45, 7) is 7.09. The summed E-state index contributed by atoms with van der Waals surface area (Å²) in [4.78, 5) is 24.7. The molecule has 0 saturated carbocycles. The Hall–Kier alpha value is -3.14. The number of ether oxygens (including phenoxy) is 1. The molecule has 2 aromatic carbocycles. The molecule has 1 aromatic heterocycles. The van der Waals surface area contributed by atoms with Crippen LogP contribution in [0.25, 0.3) is 5.69 Å². The van der Waals surface area contributed by atoms with Gasteiger partial charge in [-0.15, -0.1) is 0 Å². The molecule has 0 saturated heterocycles. The quantitative estimate of drug-likeness (QED) is 0.326. The van der Waals surface area contributed by atoms with Gasteiger partial charge in [-0.25, -0.2) is 9.07 Å². The van der Waals surface area contributed by atoms with Gasteiger partial charge in [-0.1, -0.05) is 50.0 Å². The summed E-state index contributed by atoms with van der Waals surface area (Å²) in [5.41, 5.74) is -1.05. The molecule has 0 aliphatic heterocycles. The Morgan fingerprint density at radius 1 is 1.11 bits per heavy atom. The minimum atomic E-state index is -1.23. The Bertz CT molecular complexity index is 1290. The zero-order valence-electron chi connectivity index (χ0n) is 20.8. The number of aliphatic hydroxyl groups is 1. The topological polar surface area (TPSA) is 114 Å². The fourth-order valence-corrected chi connectivity index (χ4v) is 3.75. The molecule has 8 nitrogen and oxygen atoms in total. The highest BCUT2D eigenvalue weighted by molar-refractivity contribution is 6.35. The Kier molecular flexibility index (Phi) is 8.52. The third-order valence-corrected chi connectivity index (χ3v) is 6.68. The first-order valence-corrected chi connectivity index (χ1v) is 12.1. The largest absolute Gasteiger partial charge is 0.481 e. The molecule has 3 rings (SSSR count). The van der Waals surface area contributed by atoms with Gasteiger partial charge in [0.1, 0.15) is 18.0 Å². The summed E-state index contributed by atoms with van der Waals surface area (Å²) in [6.07, 6.45) is -0.441. The van der Waals surface area contributed by atoms with Crippen LogP contribution < -0.4 is 10.1 Å². The number of amides is 1. The van der Waals surface area contributed by atoms with E-state index < -0.39 is 41.2 Å². The SMILES string of the molecule is CC(C)(C)C(C)(O)COc1cc(C(=O)NC(CC(=O)O)c2ccc(Cl)cc2Cl)nn1-c1ccc(F)cc1. The summed E-state index contributed by atoms with van der Waals surface area (Å²) < 4.78 is 20.7. The zero-order chi connectivity index (χ0) is 27.5. The molecular formula is C26H28Cl2FN3O5. The van der Waals surface area contributed by atoms with Crippen molar-refractivity contribution in [2.24, 2.45) is 5.41 Å². The average Bonchev–Trinajstić information content (AvgIpc) is 3.21. The van der Waals surface area contributed by atoms with E-state index in [0.29, 0.717) is 16.3 Å². The molecule has 37 heavy (non-hydrogen) atoms. The highest BCUT2D eigenvalue weighted by atomic mass is 35.5. The first kappa shape index (κ1) is 28.4. The number of rotatable bonds is 9. The number of aliphatic carboxylic acids is 1. The maximum absolute atomic E-state index is 13.5. The Morgan fingerprint density at radius 2 is 1.76 bits per heavy atom. The van der Waals surface area contributed by atoms with Gasteiger partial charge < -0.3 is 20.3 Å². The highest BCUT2D eigenvalue weighted by Crippen LogP contribution is 2.32. The molecule has 3 aromatic rings. The molecule has 2 atom stereocenters. The normalized spacial score (nSPS) is 14.1. The first-order chi connectivity index (χ1) is 17.2. The Morgan fingerprint density at radius 3 is 2.32 bits per heavy atom. The van der Waals surface area contributed by atoms with Crippen molar-refractivity contribution in [3.63, 3.8) is 0 Å². The van der Waals surface area contributed by atoms with Crippen LogP contribution in [0.4, 0.5) is 4.39 Å². The monoisotopic (exact) mass is 551 g/mol. The Balaban J connectivity index is 1.95. The lowest BCUT2D eigenvalue weighted by Gasteiger charge is -2.36. The average molecular weight is 552 g/mol. The predicted molar refractivity (Wildman–Crippen MR) is 138 cm³/mol. The van der Waals surface area contributed by atoms with Gasteiger partial charge in [0.15, 0.2) is 5.69 Å². The van der Waals surface area contributed by atoms with Crippen LogP contribution in [0, 0.1) is 11.2 Å². The maximum Gasteiger partial charge on any atom is 0.305 e. The van der Waals surface area contributed by atoms with E-state index in [1.165, 1.54) is 41.1 Å². The number of carboxylic acids is 1. The molecule has 11 heteroatoms. The van der Waals surface area contributed by atoms with Gasteiger partial charge in [0.25, 0.3) is 5.91 Å². The lowest BCUT2D eigenvalue weighted by atomic mass is 9.78. The van der Waals surface area contributed by atoms with Gasteiger partial charge in [-0.05, 0) is 54.3 Å². The lowest BCUT2D eigenvalue weighted by molar-refractivity contribution is -0.137. The summed E-state index contributed by atoms with van der Waals surface area (Å²) in [7, 11) is 0. The molecule has 0 bridgehead atoms. The van der Waals surface area contributed by atoms with Gasteiger partial charge in [0.2, 0.25) is 5.88 Å². The highest BCUT2D eigenvalue weighted by Gasteiger charge is 2.36. The van der Waals surface area contributed by atoms with E-state index in [0.717, 1.165) is 0 Å². The molecule has 0 fully saturated rings. The van der Waals surface area contributed by atoms with Gasteiger partial charge in [-0.3, -0.25) is 9.59 Å². The molecule has 0 aliphatic rings. The van der Waals surface area contributed by atoms with Gasteiger partial charge >= 0.3 is 5.97 Å². The van der Waals surface area contributed by atoms with Gasteiger partial charge in [-0.2, -0.15) is 5.10 Å². The van der Waals surface area contributed by atoms with Crippen molar-refractivity contribution in [3.8, 4) is 11.6 Å². The standard InChI is InChI=1S/C26H28Cl2FN3O5/c1-25(2,3)26(4,36)14-37-22-12-21(31-32(22)17-8-6-16(29)7-9-17)24(35)30-20(13-23(33)34)18-10-5-15(27)11-19(18)28/h5-12,20,36H,13-14H2,1-4H3,(H,30,35)(H,33,34). The van der Waals surface area contributed by atoms with E-state index >= 15 is 0 Å². The van der Waals surface area contributed by atoms with Crippen molar-refractivity contribution in [2.45, 2.75) is 45.8 Å². The van der Waals surface area contributed by atoms with Crippen molar-refractivity contribution in [1.82, 2.24) is 15.1 Å². The molecule has 1 amide bonds. The molecule has 3 N–H and O–H groups in total. The molecular weight excluding hydrogens is 524 g/mol. The molecule has 0 radical (unpaired) electrons. The van der Waals surface area contributed by atoms with E-state index in [1.54, 1.807) is 19.1 Å². The fourth-order valence-electron chi connectivity index (χ4n) is 3.21. The number of nitrogens with zero attached hydrogens (tertiary/aromatic N) is 2. The van der Waals surface area contributed by atoms with Crippen LogP contribution in [0.3, 0.4) is 0 Å². The van der Waals surface area contributed by atoms with Crippen LogP contribution >= 0.6 is 23.2 Å². The third-order valence-electron chi connectivity index (χ3n) is 6.12. The summed E-state index contributed by atoms with van der Waals surface area (Å²) in [5, 5.41) is 27.8. The van der Waals surface area contributed by atoms with E-state index in [9.17, 15) is 24.2 Å². The van der Waals surface area contributed by atoms with Gasteiger partial charge in [0.05, 0.1) is 18.2 Å². The van der Waals surface area contributed by atoms with Crippen LogP contribution in [-0.2, 0) is 4.79 Å². The molecule has 0 spiro atoms. The number of halogens is 3. The lowest BCUT2D eigenvalue weighted by Crippen LogP contribution is -2.45. The van der Waals surface area contributed by atoms with Crippen LogP contribution in [-0.4, -0.2) is 44.1 Å². The van der Waals surface area contributed by atoms with Crippen LogP contribution in [0.5, 0.6) is 5.88 Å². The second-order valence-electron chi connectivity index (χ2n) is 9.86. The van der Waals surface area contributed by atoms with E-state index in [-0.39, 0.29) is 23.2 Å². The summed E-state index contributed by atoms with van der Waals surface area (Å²) in [5.74, 6) is -2.17. The third kappa shape index (κ3) is 7.00. The van der Waals surface area contributed by atoms with Crippen molar-refractivity contribution in [2.75, 3.05) is 6.61 Å². The summed E-state index contributed by atoms with van der Waals surface area (Å²) in [6, 6.07) is 10.3. The van der Waals surface area contributed by atoms with Crippen LogP contribution in [0.2, 0.25) is 10.0 Å². The fraction of sp³-hybridized carbons (Fsp3) is 0.346. The minimum absolute atomic E-state index is 0.0878. The number of benzene rings is 2. The zero-order valence-corrected chi connectivity index (χ0v) is 22.3. The van der Waals surface area contributed by atoms with Crippen LogP contribution in [0.1, 0.15) is 56.2 Å². The molecule has 0 aliphatic carbocycles. The predicted octanol–water partition coefficient (Wildman–Crippen LogP) is 5.44. The summed E-state index contributed by atoms with van der Waals surface area (Å²) >= 11 is 12.2.